The van der Waals surface area contributed by atoms with E-state index in [1.165, 1.54) is 19.3 Å². The molecule has 0 aliphatic heterocycles. The largest absolute Gasteiger partial charge is 0.445 e. The quantitative estimate of drug-likeness (QED) is 0.0329. The van der Waals surface area contributed by atoms with Gasteiger partial charge < -0.3 is 76.5 Å². The molecule has 0 aromatic heterocycles. The van der Waals surface area contributed by atoms with Crippen LogP contribution >= 0.6 is 0 Å². The summed E-state index contributed by atoms with van der Waals surface area (Å²) in [7, 11) is 0. The Hall–Kier alpha value is -5.46. The summed E-state index contributed by atoms with van der Waals surface area (Å²) in [5.41, 5.74) is 11.1. The molecule has 378 valence electrons. The van der Waals surface area contributed by atoms with Gasteiger partial charge in [-0.2, -0.15) is 0 Å². The van der Waals surface area contributed by atoms with Crippen LogP contribution in [-0.2, 0) is 73.3 Å². The lowest BCUT2D eigenvalue weighted by Crippen LogP contribution is -2.51. The molecule has 0 bridgehead atoms. The summed E-state index contributed by atoms with van der Waals surface area (Å²) in [6, 6.07) is 4.17. The van der Waals surface area contributed by atoms with E-state index in [0.717, 1.165) is 25.7 Å². The maximum atomic E-state index is 12.9. The Kier molecular flexibility index (Phi) is 30.7. The van der Waals surface area contributed by atoms with Gasteiger partial charge in [-0.25, -0.2) is 4.79 Å². The predicted octanol–water partition coefficient (Wildman–Crippen LogP) is 0.0202. The number of hydrogen-bond acceptors (Lipinski definition) is 15. The minimum atomic E-state index is -1.19. The zero-order chi connectivity index (χ0) is 49.1. The molecule has 1 fully saturated rings. The lowest BCUT2D eigenvalue weighted by molar-refractivity contribution is -0.131. The maximum absolute atomic E-state index is 12.9. The van der Waals surface area contributed by atoms with Gasteiger partial charge >= 0.3 is 6.09 Å². The summed E-state index contributed by atoms with van der Waals surface area (Å²) in [4.78, 5) is 97.0. The Bertz CT molecular complexity index is 1650. The van der Waals surface area contributed by atoms with Crippen molar-refractivity contribution in [2.45, 2.75) is 103 Å². The Labute approximate surface area is 391 Å². The Morgan fingerprint density at radius 3 is 1.85 bits per heavy atom. The van der Waals surface area contributed by atoms with Crippen LogP contribution in [0.2, 0.25) is 0 Å². The number of hydrogen-bond donors (Lipinski definition) is 8. The highest BCUT2D eigenvalue weighted by Crippen LogP contribution is 2.19. The number of nitrogens with two attached hydrogens (primary N) is 2. The fourth-order valence-corrected chi connectivity index (χ4v) is 6.25. The third-order valence-electron chi connectivity index (χ3n) is 9.84. The number of nitrogens with one attached hydrogen (secondary N) is 6. The zero-order valence-corrected chi connectivity index (χ0v) is 38.9. The number of carbonyl (C=O) groups excluding carboxylic acids is 8. The summed E-state index contributed by atoms with van der Waals surface area (Å²) in [6.45, 7) is 5.15. The van der Waals surface area contributed by atoms with E-state index in [1.807, 2.05) is 0 Å². The van der Waals surface area contributed by atoms with E-state index in [0.29, 0.717) is 57.4 Å². The van der Waals surface area contributed by atoms with E-state index < -0.39 is 60.2 Å². The first-order valence-electron chi connectivity index (χ1n) is 22.7. The van der Waals surface area contributed by atoms with Gasteiger partial charge in [0.1, 0.15) is 38.6 Å². The molecular formula is C44H72N8O15. The Morgan fingerprint density at radius 2 is 1.24 bits per heavy atom. The molecule has 67 heavy (non-hydrogen) atoms. The van der Waals surface area contributed by atoms with E-state index in [-0.39, 0.29) is 76.9 Å². The summed E-state index contributed by atoms with van der Waals surface area (Å²) in [5, 5.41) is 15.4. The van der Waals surface area contributed by atoms with E-state index in [9.17, 15) is 38.4 Å². The van der Waals surface area contributed by atoms with E-state index in [2.05, 4.69) is 31.9 Å². The molecule has 1 saturated carbocycles. The van der Waals surface area contributed by atoms with Crippen molar-refractivity contribution in [2.75, 3.05) is 91.2 Å². The number of anilines is 1. The molecule has 0 radical (unpaired) electrons. The van der Waals surface area contributed by atoms with Gasteiger partial charge in [-0.05, 0) is 42.9 Å². The van der Waals surface area contributed by atoms with Crippen molar-refractivity contribution in [1.82, 2.24) is 26.6 Å². The lowest BCUT2D eigenvalue weighted by atomic mass is 9.99. The van der Waals surface area contributed by atoms with Gasteiger partial charge in [0.15, 0.2) is 0 Å². The third-order valence-corrected chi connectivity index (χ3v) is 9.84. The fraction of sp³-hybridized carbons (Fsp3) is 0.682. The molecule has 2 rings (SSSR count). The first-order chi connectivity index (χ1) is 32.2. The second-order valence-electron chi connectivity index (χ2n) is 15.9. The van der Waals surface area contributed by atoms with Crippen LogP contribution in [-0.4, -0.2) is 152 Å². The second-order valence-corrected chi connectivity index (χ2v) is 15.9. The van der Waals surface area contributed by atoms with Crippen LogP contribution in [0.3, 0.4) is 0 Å². The number of alkyl carbamates (subject to hydrolysis) is 1. The SMILES string of the molecule is CC(C)C(NC(=O)CCOCCOCCOCCOCCNC(=O)COC1CCCCCCC1)C(=O)NCC(=O)Nc1ccc(COC(=O)NC(CCC(N)=O)C(=O)NCOCC(N)=O)cc1. The second kappa shape index (κ2) is 35.7. The summed E-state index contributed by atoms with van der Waals surface area (Å²) in [5.74, 6) is -4.02. The van der Waals surface area contributed by atoms with Gasteiger partial charge in [-0.15, -0.1) is 0 Å². The molecule has 23 heteroatoms. The number of primary amides is 2. The van der Waals surface area contributed by atoms with Gasteiger partial charge in [0.05, 0.1) is 65.5 Å². The molecule has 23 nitrogen and oxygen atoms in total. The molecule has 0 heterocycles. The Balaban J connectivity index is 1.53. The van der Waals surface area contributed by atoms with E-state index in [4.69, 9.17) is 44.6 Å². The number of ether oxygens (including phenoxy) is 7. The van der Waals surface area contributed by atoms with Gasteiger partial charge in [-0.1, -0.05) is 58.1 Å². The van der Waals surface area contributed by atoms with Gasteiger partial charge in [0.25, 0.3) is 0 Å². The molecular weight excluding hydrogens is 881 g/mol. The van der Waals surface area contributed by atoms with Crippen molar-refractivity contribution in [2.24, 2.45) is 17.4 Å². The number of amides is 8. The number of benzene rings is 1. The average Bonchev–Trinajstić information content (AvgIpc) is 3.27. The monoisotopic (exact) mass is 953 g/mol. The predicted molar refractivity (Wildman–Crippen MR) is 242 cm³/mol. The molecule has 0 saturated heterocycles. The van der Waals surface area contributed by atoms with Crippen molar-refractivity contribution < 1.29 is 71.5 Å². The topological polar surface area (TPSA) is 325 Å². The van der Waals surface area contributed by atoms with Crippen molar-refractivity contribution >= 4 is 53.1 Å². The van der Waals surface area contributed by atoms with E-state index in [1.54, 1.807) is 38.1 Å². The summed E-state index contributed by atoms with van der Waals surface area (Å²) >= 11 is 0. The molecule has 1 aromatic carbocycles. The highest BCUT2D eigenvalue weighted by molar-refractivity contribution is 5.96. The normalized spacial score (nSPS) is 13.8. The van der Waals surface area contributed by atoms with Crippen LogP contribution in [0.5, 0.6) is 0 Å². The van der Waals surface area contributed by atoms with E-state index >= 15 is 0 Å². The van der Waals surface area contributed by atoms with Crippen LogP contribution < -0.4 is 43.4 Å². The van der Waals surface area contributed by atoms with Crippen molar-refractivity contribution in [3.8, 4) is 0 Å². The van der Waals surface area contributed by atoms with Crippen LogP contribution in [0.1, 0.15) is 83.6 Å². The first-order valence-corrected chi connectivity index (χ1v) is 22.7. The smallest absolute Gasteiger partial charge is 0.408 e. The molecule has 8 amide bonds. The molecule has 10 N–H and O–H groups in total. The summed E-state index contributed by atoms with van der Waals surface area (Å²) < 4.78 is 37.8. The first kappa shape index (κ1) is 57.7. The van der Waals surface area contributed by atoms with Crippen LogP contribution in [0.4, 0.5) is 10.5 Å². The number of rotatable bonds is 35. The Morgan fingerprint density at radius 1 is 0.627 bits per heavy atom. The zero-order valence-electron chi connectivity index (χ0n) is 38.9. The standard InChI is InChI=1S/C44H72N8O15/c1-31(2)41(52-38(55)16-18-61-20-22-63-24-25-64-23-21-62-19-17-47-40(57)29-66-34-8-6-4-3-5-7-9-34)43(59)48-26-39(56)50-33-12-10-32(11-13-33)27-67-44(60)51-35(14-15-36(45)53)42(58)49-30-65-28-37(46)54/h10-13,31,34-35,41H,3-9,14-30H2,1-2H3,(H2,45,53)(H2,46,54)(H,47,57)(H,48,59)(H,49,58)(H,50,56)(H,51,60)(H,52,55). The highest BCUT2D eigenvalue weighted by Gasteiger charge is 2.25. The molecule has 0 spiro atoms. The average molecular weight is 953 g/mol. The minimum Gasteiger partial charge on any atom is -0.445 e. The van der Waals surface area contributed by atoms with Crippen molar-refractivity contribution in [3.05, 3.63) is 29.8 Å². The molecule has 1 aliphatic carbocycles. The molecule has 2 atom stereocenters. The van der Waals surface area contributed by atoms with Gasteiger partial charge in [0.2, 0.25) is 41.4 Å². The fourth-order valence-electron chi connectivity index (χ4n) is 6.25. The van der Waals surface area contributed by atoms with Gasteiger partial charge in [0, 0.05) is 25.1 Å². The lowest BCUT2D eigenvalue weighted by Gasteiger charge is -2.21. The van der Waals surface area contributed by atoms with Crippen LogP contribution in [0, 0.1) is 5.92 Å². The minimum absolute atomic E-state index is 0.00893. The highest BCUT2D eigenvalue weighted by atomic mass is 16.6. The molecule has 1 aromatic rings. The number of carbonyl (C=O) groups is 8. The molecule has 1 aliphatic rings. The van der Waals surface area contributed by atoms with Crippen LogP contribution in [0.25, 0.3) is 0 Å². The van der Waals surface area contributed by atoms with Crippen LogP contribution in [0.15, 0.2) is 24.3 Å². The van der Waals surface area contributed by atoms with Crippen molar-refractivity contribution in [1.29, 1.82) is 0 Å². The maximum Gasteiger partial charge on any atom is 0.408 e. The van der Waals surface area contributed by atoms with Gasteiger partial charge in [-0.3, -0.25) is 33.6 Å². The van der Waals surface area contributed by atoms with Crippen molar-refractivity contribution in [3.63, 3.8) is 0 Å². The third kappa shape index (κ3) is 29.7. The summed E-state index contributed by atoms with van der Waals surface area (Å²) in [6.07, 6.45) is 7.01. The molecule has 2 unspecified atom stereocenters.